The summed E-state index contributed by atoms with van der Waals surface area (Å²) in [5, 5.41) is 5.64. The average molecular weight is 226 g/mol. The van der Waals surface area contributed by atoms with E-state index in [2.05, 4.69) is 29.5 Å². The Labute approximate surface area is 94.9 Å². The molecule has 0 radical (unpaired) electrons. The Kier molecular flexibility index (Phi) is 3.72. The van der Waals surface area contributed by atoms with Gasteiger partial charge >= 0.3 is 0 Å². The maximum Gasteiger partial charge on any atom is 0.0795 e. The Balaban J connectivity index is 1.85. The standard InChI is InChI=1S/C11H18N2OS/c1-8(10-6-15-7-12-10)13-9(2)11-4-3-5-14-11/h6-9,11,13H,3-5H2,1-2H3. The monoisotopic (exact) mass is 226 g/mol. The van der Waals surface area contributed by atoms with Gasteiger partial charge in [-0.1, -0.05) is 0 Å². The van der Waals surface area contributed by atoms with E-state index in [9.17, 15) is 0 Å². The van der Waals surface area contributed by atoms with Gasteiger partial charge in [-0.3, -0.25) is 0 Å². The van der Waals surface area contributed by atoms with Gasteiger partial charge in [0.15, 0.2) is 0 Å². The second kappa shape index (κ2) is 5.05. The fourth-order valence-electron chi connectivity index (χ4n) is 2.02. The summed E-state index contributed by atoms with van der Waals surface area (Å²) in [7, 11) is 0. The van der Waals surface area contributed by atoms with Crippen LogP contribution in [0.4, 0.5) is 0 Å². The van der Waals surface area contributed by atoms with Gasteiger partial charge in [-0.15, -0.1) is 11.3 Å². The minimum Gasteiger partial charge on any atom is -0.377 e. The lowest BCUT2D eigenvalue weighted by Crippen LogP contribution is -2.38. The van der Waals surface area contributed by atoms with Crippen molar-refractivity contribution in [1.29, 1.82) is 0 Å². The van der Waals surface area contributed by atoms with Crippen LogP contribution in [0.25, 0.3) is 0 Å². The van der Waals surface area contributed by atoms with Gasteiger partial charge in [0.05, 0.1) is 17.3 Å². The molecule has 1 aromatic heterocycles. The molecule has 1 fully saturated rings. The Hall–Kier alpha value is -0.450. The summed E-state index contributed by atoms with van der Waals surface area (Å²) in [5.41, 5.74) is 3.01. The summed E-state index contributed by atoms with van der Waals surface area (Å²) < 4.78 is 5.65. The van der Waals surface area contributed by atoms with Crippen molar-refractivity contribution in [3.8, 4) is 0 Å². The molecule has 0 aliphatic carbocycles. The molecular formula is C11H18N2OS. The van der Waals surface area contributed by atoms with Crippen LogP contribution in [0.3, 0.4) is 0 Å². The van der Waals surface area contributed by atoms with Crippen LogP contribution < -0.4 is 5.32 Å². The van der Waals surface area contributed by atoms with Gasteiger partial charge in [-0.25, -0.2) is 4.98 Å². The predicted molar refractivity (Wildman–Crippen MR) is 62.1 cm³/mol. The molecule has 1 saturated heterocycles. The molecule has 3 atom stereocenters. The third-order valence-corrected chi connectivity index (χ3v) is 3.54. The molecule has 2 rings (SSSR count). The molecule has 2 heterocycles. The van der Waals surface area contributed by atoms with E-state index in [1.54, 1.807) is 11.3 Å². The average Bonchev–Trinajstić information content (AvgIpc) is 2.91. The number of hydrogen-bond donors (Lipinski definition) is 1. The van der Waals surface area contributed by atoms with E-state index < -0.39 is 0 Å². The third kappa shape index (κ3) is 2.77. The van der Waals surface area contributed by atoms with Crippen molar-refractivity contribution in [2.75, 3.05) is 6.61 Å². The molecule has 1 aliphatic rings. The zero-order chi connectivity index (χ0) is 10.7. The minimum atomic E-state index is 0.315. The molecule has 0 amide bonds. The van der Waals surface area contributed by atoms with Crippen LogP contribution in [0.1, 0.15) is 38.4 Å². The van der Waals surface area contributed by atoms with Gasteiger partial charge < -0.3 is 10.1 Å². The van der Waals surface area contributed by atoms with Crippen LogP contribution >= 0.6 is 11.3 Å². The summed E-state index contributed by atoms with van der Waals surface area (Å²) in [6.45, 7) is 5.27. The summed E-state index contributed by atoms with van der Waals surface area (Å²) in [4.78, 5) is 4.31. The molecule has 0 spiro atoms. The van der Waals surface area contributed by atoms with Crippen LogP contribution in [0.2, 0.25) is 0 Å². The van der Waals surface area contributed by atoms with E-state index in [1.165, 1.54) is 12.8 Å². The van der Waals surface area contributed by atoms with Gasteiger partial charge in [-0.05, 0) is 26.7 Å². The van der Waals surface area contributed by atoms with Crippen molar-refractivity contribution in [2.45, 2.75) is 44.9 Å². The normalized spacial score (nSPS) is 25.3. The van der Waals surface area contributed by atoms with Crippen LogP contribution in [-0.2, 0) is 4.74 Å². The van der Waals surface area contributed by atoms with Gasteiger partial charge in [-0.2, -0.15) is 0 Å². The molecule has 1 N–H and O–H groups in total. The quantitative estimate of drug-likeness (QED) is 0.856. The topological polar surface area (TPSA) is 34.1 Å². The van der Waals surface area contributed by atoms with Crippen molar-refractivity contribution in [2.24, 2.45) is 0 Å². The van der Waals surface area contributed by atoms with E-state index in [0.29, 0.717) is 18.2 Å². The highest BCUT2D eigenvalue weighted by molar-refractivity contribution is 7.07. The van der Waals surface area contributed by atoms with Crippen molar-refractivity contribution in [3.05, 3.63) is 16.6 Å². The first-order chi connectivity index (χ1) is 7.27. The summed E-state index contributed by atoms with van der Waals surface area (Å²) in [6, 6.07) is 0.722. The second-order valence-electron chi connectivity index (χ2n) is 4.14. The first-order valence-electron chi connectivity index (χ1n) is 5.53. The summed E-state index contributed by atoms with van der Waals surface area (Å²) in [5.74, 6) is 0. The second-order valence-corrected chi connectivity index (χ2v) is 4.86. The smallest absolute Gasteiger partial charge is 0.0795 e. The Bertz CT molecular complexity index is 283. The first kappa shape index (κ1) is 11.0. The number of thiazole rings is 1. The van der Waals surface area contributed by atoms with E-state index in [-0.39, 0.29) is 0 Å². The van der Waals surface area contributed by atoms with Gasteiger partial charge in [0, 0.05) is 24.1 Å². The predicted octanol–water partition coefficient (Wildman–Crippen LogP) is 2.36. The van der Waals surface area contributed by atoms with E-state index in [0.717, 1.165) is 12.3 Å². The SMILES string of the molecule is CC(NC(C)C1CCCO1)c1cscn1. The molecule has 1 aromatic rings. The fraction of sp³-hybridized carbons (Fsp3) is 0.727. The van der Waals surface area contributed by atoms with Gasteiger partial charge in [0.1, 0.15) is 0 Å². The van der Waals surface area contributed by atoms with E-state index in [1.807, 2.05) is 5.51 Å². The first-order valence-corrected chi connectivity index (χ1v) is 6.47. The van der Waals surface area contributed by atoms with Crippen molar-refractivity contribution in [3.63, 3.8) is 0 Å². The molecule has 84 valence electrons. The molecule has 0 saturated carbocycles. The van der Waals surface area contributed by atoms with Crippen LogP contribution in [0, 0.1) is 0 Å². The Morgan fingerprint density at radius 3 is 3.07 bits per heavy atom. The number of nitrogens with zero attached hydrogens (tertiary/aromatic N) is 1. The van der Waals surface area contributed by atoms with Gasteiger partial charge in [0.25, 0.3) is 0 Å². The molecule has 0 bridgehead atoms. The largest absolute Gasteiger partial charge is 0.377 e. The highest BCUT2D eigenvalue weighted by atomic mass is 32.1. The highest BCUT2D eigenvalue weighted by Gasteiger charge is 2.23. The van der Waals surface area contributed by atoms with E-state index in [4.69, 9.17) is 4.74 Å². The molecule has 15 heavy (non-hydrogen) atoms. The zero-order valence-electron chi connectivity index (χ0n) is 9.27. The lowest BCUT2D eigenvalue weighted by Gasteiger charge is -2.23. The number of aromatic nitrogens is 1. The Morgan fingerprint density at radius 2 is 2.47 bits per heavy atom. The minimum absolute atomic E-state index is 0.315. The number of hydrogen-bond acceptors (Lipinski definition) is 4. The van der Waals surface area contributed by atoms with Crippen LogP contribution in [0.5, 0.6) is 0 Å². The Morgan fingerprint density at radius 1 is 1.60 bits per heavy atom. The van der Waals surface area contributed by atoms with E-state index >= 15 is 0 Å². The van der Waals surface area contributed by atoms with Crippen molar-refractivity contribution < 1.29 is 4.74 Å². The fourth-order valence-corrected chi connectivity index (χ4v) is 2.67. The van der Waals surface area contributed by atoms with Gasteiger partial charge in [0.2, 0.25) is 0 Å². The lowest BCUT2D eigenvalue weighted by atomic mass is 10.1. The molecule has 3 unspecified atom stereocenters. The zero-order valence-corrected chi connectivity index (χ0v) is 10.1. The van der Waals surface area contributed by atoms with Crippen molar-refractivity contribution in [1.82, 2.24) is 10.3 Å². The molecule has 3 nitrogen and oxygen atoms in total. The lowest BCUT2D eigenvalue weighted by molar-refractivity contribution is 0.0802. The maximum atomic E-state index is 5.65. The molecule has 1 aliphatic heterocycles. The number of rotatable bonds is 4. The summed E-state index contributed by atoms with van der Waals surface area (Å²) >= 11 is 1.64. The molecular weight excluding hydrogens is 208 g/mol. The maximum absolute atomic E-state index is 5.65. The van der Waals surface area contributed by atoms with Crippen molar-refractivity contribution >= 4 is 11.3 Å². The molecule has 0 aromatic carbocycles. The molecule has 4 heteroatoms. The third-order valence-electron chi connectivity index (χ3n) is 2.93. The van der Waals surface area contributed by atoms with Crippen LogP contribution in [0.15, 0.2) is 10.9 Å². The number of nitrogens with one attached hydrogen (secondary N) is 1. The summed E-state index contributed by atoms with van der Waals surface area (Å²) in [6.07, 6.45) is 2.76. The number of ether oxygens (including phenoxy) is 1. The van der Waals surface area contributed by atoms with Crippen LogP contribution in [-0.4, -0.2) is 23.7 Å². The highest BCUT2D eigenvalue weighted by Crippen LogP contribution is 2.19.